The summed E-state index contributed by atoms with van der Waals surface area (Å²) in [7, 11) is 0. The van der Waals surface area contributed by atoms with E-state index in [2.05, 4.69) is 14.9 Å². The second-order valence-electron chi connectivity index (χ2n) is 6.66. The smallest absolute Gasteiger partial charge is 0.137 e. The average molecular weight is 378 g/mol. The molecule has 1 saturated carbocycles. The van der Waals surface area contributed by atoms with E-state index >= 15 is 0 Å². The van der Waals surface area contributed by atoms with Gasteiger partial charge in [0.25, 0.3) is 0 Å². The number of hydrogen-bond donors (Lipinski definition) is 1. The Bertz CT molecular complexity index is 717. The first kappa shape index (κ1) is 18.5. The van der Waals surface area contributed by atoms with Crippen LogP contribution in [-0.4, -0.2) is 33.5 Å². The Labute approximate surface area is 158 Å². The van der Waals surface area contributed by atoms with Gasteiger partial charge in [-0.15, -0.1) is 11.8 Å². The lowest BCUT2D eigenvalue weighted by Gasteiger charge is -2.37. The van der Waals surface area contributed by atoms with Gasteiger partial charge in [0.15, 0.2) is 0 Å². The van der Waals surface area contributed by atoms with Gasteiger partial charge in [0.05, 0.1) is 12.1 Å². The van der Waals surface area contributed by atoms with Crippen molar-refractivity contribution in [2.45, 2.75) is 49.7 Å². The molecule has 1 fully saturated rings. The molecule has 0 atom stereocenters. The van der Waals surface area contributed by atoms with Gasteiger partial charge in [0.1, 0.15) is 16.7 Å². The molecule has 0 amide bonds. The van der Waals surface area contributed by atoms with Crippen molar-refractivity contribution in [3.63, 3.8) is 0 Å². The number of benzene rings is 1. The van der Waals surface area contributed by atoms with Crippen molar-refractivity contribution in [3.05, 3.63) is 41.2 Å². The van der Waals surface area contributed by atoms with Gasteiger partial charge in [-0.2, -0.15) is 0 Å². The zero-order valence-corrected chi connectivity index (χ0v) is 16.3. The number of thioether (sulfide) groups is 1. The standard InChI is InChI=1S/C19H24ClN3OS/c1-14-21-17(12-18(22-14)25-2)23(16-8-6-15(20)7-9-16)13-19(24)10-4-3-5-11-19/h6-9,12,24H,3-5,10-11,13H2,1-2H3. The van der Waals surface area contributed by atoms with Crippen molar-refractivity contribution in [3.8, 4) is 0 Å². The van der Waals surface area contributed by atoms with Gasteiger partial charge in [0, 0.05) is 16.8 Å². The highest BCUT2D eigenvalue weighted by Crippen LogP contribution is 2.34. The first-order valence-electron chi connectivity index (χ1n) is 8.64. The predicted octanol–water partition coefficient (Wildman–Crippen LogP) is 4.99. The minimum Gasteiger partial charge on any atom is -0.388 e. The van der Waals surface area contributed by atoms with Crippen molar-refractivity contribution in [1.29, 1.82) is 0 Å². The highest BCUT2D eigenvalue weighted by atomic mass is 35.5. The Morgan fingerprint density at radius 3 is 2.48 bits per heavy atom. The average Bonchev–Trinajstić information content (AvgIpc) is 2.60. The molecule has 3 rings (SSSR count). The van der Waals surface area contributed by atoms with E-state index in [1.54, 1.807) is 11.8 Å². The van der Waals surface area contributed by atoms with Gasteiger partial charge >= 0.3 is 0 Å². The largest absolute Gasteiger partial charge is 0.388 e. The Kier molecular flexibility index (Phi) is 5.87. The molecule has 0 spiro atoms. The molecule has 0 radical (unpaired) electrons. The molecule has 4 nitrogen and oxygen atoms in total. The molecule has 1 aliphatic rings. The van der Waals surface area contributed by atoms with E-state index < -0.39 is 5.60 Å². The molecule has 1 heterocycles. The van der Waals surface area contributed by atoms with E-state index in [1.807, 2.05) is 43.5 Å². The van der Waals surface area contributed by atoms with Crippen LogP contribution < -0.4 is 4.90 Å². The maximum atomic E-state index is 11.1. The van der Waals surface area contributed by atoms with Crippen LogP contribution in [0, 0.1) is 6.92 Å². The molecule has 0 bridgehead atoms. The van der Waals surface area contributed by atoms with Gasteiger partial charge in [-0.25, -0.2) is 9.97 Å². The Morgan fingerprint density at radius 2 is 1.84 bits per heavy atom. The van der Waals surface area contributed by atoms with Crippen molar-refractivity contribution >= 4 is 34.9 Å². The lowest BCUT2D eigenvalue weighted by molar-refractivity contribution is 0.0127. The van der Waals surface area contributed by atoms with Crippen LogP contribution in [0.3, 0.4) is 0 Å². The second kappa shape index (κ2) is 7.94. The van der Waals surface area contributed by atoms with Crippen LogP contribution in [0.5, 0.6) is 0 Å². The number of nitrogens with zero attached hydrogens (tertiary/aromatic N) is 3. The first-order valence-corrected chi connectivity index (χ1v) is 10.2. The van der Waals surface area contributed by atoms with E-state index in [-0.39, 0.29) is 0 Å². The third-order valence-electron chi connectivity index (χ3n) is 4.66. The normalized spacial score (nSPS) is 16.6. The molecule has 1 N–H and O–H groups in total. The van der Waals surface area contributed by atoms with Crippen LogP contribution in [0.25, 0.3) is 0 Å². The highest BCUT2D eigenvalue weighted by molar-refractivity contribution is 7.98. The van der Waals surface area contributed by atoms with Crippen LogP contribution in [-0.2, 0) is 0 Å². The molecule has 6 heteroatoms. The monoisotopic (exact) mass is 377 g/mol. The summed E-state index contributed by atoms with van der Waals surface area (Å²) in [4.78, 5) is 11.2. The topological polar surface area (TPSA) is 49.2 Å². The summed E-state index contributed by atoms with van der Waals surface area (Å²) >= 11 is 7.65. The highest BCUT2D eigenvalue weighted by Gasteiger charge is 2.32. The summed E-state index contributed by atoms with van der Waals surface area (Å²) < 4.78 is 0. The summed E-state index contributed by atoms with van der Waals surface area (Å²) in [5.41, 5.74) is 0.296. The fourth-order valence-electron chi connectivity index (χ4n) is 3.36. The van der Waals surface area contributed by atoms with Crippen molar-refractivity contribution < 1.29 is 5.11 Å². The van der Waals surface area contributed by atoms with E-state index in [0.717, 1.165) is 48.0 Å². The van der Waals surface area contributed by atoms with Crippen molar-refractivity contribution in [2.75, 3.05) is 17.7 Å². The molecular formula is C19H24ClN3OS. The third-order valence-corrected chi connectivity index (χ3v) is 5.54. The summed E-state index contributed by atoms with van der Waals surface area (Å²) in [5.74, 6) is 1.55. The maximum absolute atomic E-state index is 11.1. The molecule has 134 valence electrons. The maximum Gasteiger partial charge on any atom is 0.137 e. The van der Waals surface area contributed by atoms with Gasteiger partial charge in [-0.05, 0) is 50.3 Å². The van der Waals surface area contributed by atoms with E-state index in [1.165, 1.54) is 6.42 Å². The molecule has 2 aromatic rings. The van der Waals surface area contributed by atoms with Gasteiger partial charge in [-0.1, -0.05) is 30.9 Å². The molecule has 0 aliphatic heterocycles. The number of aliphatic hydroxyl groups is 1. The molecular weight excluding hydrogens is 354 g/mol. The van der Waals surface area contributed by atoms with Crippen LogP contribution in [0.15, 0.2) is 35.4 Å². The van der Waals surface area contributed by atoms with Gasteiger partial charge in [0.2, 0.25) is 0 Å². The number of aromatic nitrogens is 2. The fraction of sp³-hybridized carbons (Fsp3) is 0.474. The number of aryl methyl sites for hydroxylation is 1. The van der Waals surface area contributed by atoms with Gasteiger partial charge < -0.3 is 10.0 Å². The summed E-state index contributed by atoms with van der Waals surface area (Å²) in [6, 6.07) is 9.69. The van der Waals surface area contributed by atoms with Crippen molar-refractivity contribution in [1.82, 2.24) is 9.97 Å². The van der Waals surface area contributed by atoms with E-state index in [9.17, 15) is 5.11 Å². The minimum absolute atomic E-state index is 0.527. The Morgan fingerprint density at radius 1 is 1.16 bits per heavy atom. The van der Waals surface area contributed by atoms with Crippen LogP contribution >= 0.6 is 23.4 Å². The van der Waals surface area contributed by atoms with E-state index in [0.29, 0.717) is 11.6 Å². The predicted molar refractivity (Wildman–Crippen MR) is 105 cm³/mol. The summed E-state index contributed by atoms with van der Waals surface area (Å²) in [5, 5.41) is 12.7. The van der Waals surface area contributed by atoms with Crippen LogP contribution in [0.2, 0.25) is 5.02 Å². The van der Waals surface area contributed by atoms with Gasteiger partial charge in [-0.3, -0.25) is 0 Å². The SMILES string of the molecule is CSc1cc(N(CC2(O)CCCCC2)c2ccc(Cl)cc2)nc(C)n1. The zero-order valence-electron chi connectivity index (χ0n) is 14.7. The van der Waals surface area contributed by atoms with Crippen LogP contribution in [0.4, 0.5) is 11.5 Å². The number of rotatable bonds is 5. The number of halogens is 1. The fourth-order valence-corrected chi connectivity index (χ4v) is 3.93. The summed E-state index contributed by atoms with van der Waals surface area (Å²) in [6.07, 6.45) is 7.01. The lowest BCUT2D eigenvalue weighted by atomic mass is 9.84. The third kappa shape index (κ3) is 4.66. The quantitative estimate of drug-likeness (QED) is 0.587. The molecule has 1 aromatic carbocycles. The van der Waals surface area contributed by atoms with Crippen LogP contribution in [0.1, 0.15) is 37.9 Å². The number of hydrogen-bond acceptors (Lipinski definition) is 5. The molecule has 1 aliphatic carbocycles. The minimum atomic E-state index is -0.684. The summed E-state index contributed by atoms with van der Waals surface area (Å²) in [6.45, 7) is 2.43. The molecule has 0 saturated heterocycles. The van der Waals surface area contributed by atoms with E-state index in [4.69, 9.17) is 11.6 Å². The lowest BCUT2D eigenvalue weighted by Crippen LogP contribution is -2.43. The second-order valence-corrected chi connectivity index (χ2v) is 7.93. The molecule has 1 aromatic heterocycles. The number of anilines is 2. The van der Waals surface area contributed by atoms with Crippen molar-refractivity contribution in [2.24, 2.45) is 0 Å². The zero-order chi connectivity index (χ0) is 17.9. The first-order chi connectivity index (χ1) is 12.0. The Hall–Kier alpha value is -1.30. The molecule has 25 heavy (non-hydrogen) atoms. The molecule has 0 unspecified atom stereocenters. The Balaban J connectivity index is 1.99.